The van der Waals surface area contributed by atoms with E-state index in [1.165, 1.54) is 0 Å². The van der Waals surface area contributed by atoms with E-state index >= 15 is 0 Å². The number of aromatic amines is 1. The van der Waals surface area contributed by atoms with Crippen LogP contribution in [0, 0.1) is 0 Å². The zero-order valence-corrected chi connectivity index (χ0v) is 30.9. The normalized spacial score (nSPS) is 25.4. The molecule has 2 aromatic heterocycles. The molecule has 0 amide bonds. The second-order valence-corrected chi connectivity index (χ2v) is 14.1. The van der Waals surface area contributed by atoms with Crippen LogP contribution in [0.3, 0.4) is 0 Å². The SMILES string of the molecule is NC[C@H]1O[C@@H](OC(c2cn(CCCCCCCCCCOc3ccc(C(=O)c4ccccc4)cc3)nn2)[C@H]2O[C@@H](n3ccc(=O)[nH]c3=O)[C@H](O)[C@@H]2O)[C@H](O)[C@@H]1O. The molecule has 2 aliphatic heterocycles. The number of nitrogens with zero attached hydrogens (tertiary/aromatic N) is 4. The van der Waals surface area contributed by atoms with Crippen molar-refractivity contribution in [2.75, 3.05) is 13.2 Å². The van der Waals surface area contributed by atoms with E-state index in [-0.39, 0.29) is 18.0 Å². The molecule has 17 heteroatoms. The molecule has 1 unspecified atom stereocenters. The minimum absolute atomic E-state index is 0.0132. The number of carbonyl (C=O) groups is 1. The lowest BCUT2D eigenvalue weighted by atomic mass is 10.0. The molecule has 0 bridgehead atoms. The van der Waals surface area contributed by atoms with Gasteiger partial charge in [-0.15, -0.1) is 5.10 Å². The number of H-pyrrole nitrogens is 1. The van der Waals surface area contributed by atoms with Crippen LogP contribution < -0.4 is 21.7 Å². The maximum absolute atomic E-state index is 12.6. The highest BCUT2D eigenvalue weighted by atomic mass is 16.7. The van der Waals surface area contributed by atoms with Crippen molar-refractivity contribution in [2.24, 2.45) is 5.73 Å². The Balaban J connectivity index is 0.930. The maximum atomic E-state index is 12.6. The molecule has 2 aliphatic rings. The van der Waals surface area contributed by atoms with Crippen molar-refractivity contribution in [1.82, 2.24) is 24.5 Å². The second kappa shape index (κ2) is 19.5. The van der Waals surface area contributed by atoms with Crippen molar-refractivity contribution in [3.8, 4) is 5.75 Å². The van der Waals surface area contributed by atoms with Crippen LogP contribution in [-0.4, -0.2) is 107 Å². The van der Waals surface area contributed by atoms with Gasteiger partial charge in [-0.2, -0.15) is 0 Å². The number of ketones is 1. The molecule has 9 atom stereocenters. The molecular formula is C39H50N6O11. The highest BCUT2D eigenvalue weighted by molar-refractivity contribution is 6.08. The first kappa shape index (κ1) is 41.1. The van der Waals surface area contributed by atoms with E-state index in [9.17, 15) is 34.8 Å². The van der Waals surface area contributed by atoms with Crippen molar-refractivity contribution in [2.45, 2.75) is 113 Å². The molecule has 56 heavy (non-hydrogen) atoms. The van der Waals surface area contributed by atoms with E-state index in [0.717, 1.165) is 73.9 Å². The number of hydrogen-bond acceptors (Lipinski definition) is 14. The van der Waals surface area contributed by atoms with Gasteiger partial charge in [0.2, 0.25) is 0 Å². The van der Waals surface area contributed by atoms with Crippen LogP contribution in [0.25, 0.3) is 0 Å². The summed E-state index contributed by atoms with van der Waals surface area (Å²) in [5.74, 6) is 0.734. The third kappa shape index (κ3) is 10.0. The largest absolute Gasteiger partial charge is 0.494 e. The van der Waals surface area contributed by atoms with E-state index < -0.39 is 66.5 Å². The number of aryl methyl sites for hydroxylation is 1. The number of unbranched alkanes of at least 4 members (excludes halogenated alkanes) is 7. The lowest BCUT2D eigenvalue weighted by molar-refractivity contribution is -0.224. The molecule has 2 aromatic carbocycles. The lowest BCUT2D eigenvalue weighted by Gasteiger charge is -2.28. The van der Waals surface area contributed by atoms with Crippen LogP contribution in [0.5, 0.6) is 5.75 Å². The number of carbonyl (C=O) groups excluding carboxylic acids is 1. The molecule has 4 aromatic rings. The van der Waals surface area contributed by atoms with Crippen LogP contribution >= 0.6 is 0 Å². The Labute approximate surface area is 322 Å². The molecule has 6 rings (SSSR count). The number of aromatic nitrogens is 5. The predicted molar refractivity (Wildman–Crippen MR) is 200 cm³/mol. The Bertz CT molecular complexity index is 1950. The summed E-state index contributed by atoms with van der Waals surface area (Å²) >= 11 is 0. The van der Waals surface area contributed by atoms with E-state index in [1.54, 1.807) is 35.1 Å². The summed E-state index contributed by atoms with van der Waals surface area (Å²) in [6, 6.07) is 17.5. The van der Waals surface area contributed by atoms with Crippen molar-refractivity contribution >= 4 is 5.78 Å². The van der Waals surface area contributed by atoms with Gasteiger partial charge in [-0.05, 0) is 37.1 Å². The van der Waals surface area contributed by atoms with Crippen molar-refractivity contribution in [3.05, 3.63) is 111 Å². The Kier molecular flexibility index (Phi) is 14.3. The van der Waals surface area contributed by atoms with Crippen molar-refractivity contribution < 1.29 is 44.2 Å². The smallest absolute Gasteiger partial charge is 0.330 e. The summed E-state index contributed by atoms with van der Waals surface area (Å²) in [5.41, 5.74) is 5.64. The number of rotatable bonds is 20. The van der Waals surface area contributed by atoms with E-state index in [0.29, 0.717) is 24.3 Å². The summed E-state index contributed by atoms with van der Waals surface area (Å²) in [6.45, 7) is 1.06. The lowest BCUT2D eigenvalue weighted by Crippen LogP contribution is -2.40. The van der Waals surface area contributed by atoms with Crippen LogP contribution in [0.15, 0.2) is 82.6 Å². The summed E-state index contributed by atoms with van der Waals surface area (Å²) in [6.07, 6.45) is -1.47. The molecule has 0 saturated carbocycles. The summed E-state index contributed by atoms with van der Waals surface area (Å²) in [7, 11) is 0. The molecule has 2 saturated heterocycles. The van der Waals surface area contributed by atoms with Gasteiger partial charge in [-0.25, -0.2) is 4.79 Å². The monoisotopic (exact) mass is 778 g/mol. The van der Waals surface area contributed by atoms with Crippen LogP contribution in [0.1, 0.15) is 85.3 Å². The second-order valence-electron chi connectivity index (χ2n) is 14.1. The fourth-order valence-corrected chi connectivity index (χ4v) is 6.91. The molecule has 0 spiro atoms. The first-order chi connectivity index (χ1) is 27.1. The van der Waals surface area contributed by atoms with Crippen LogP contribution in [-0.2, 0) is 20.8 Å². The number of nitrogens with one attached hydrogen (secondary N) is 1. The molecule has 7 N–H and O–H groups in total. The number of ether oxygens (including phenoxy) is 4. The molecular weight excluding hydrogens is 728 g/mol. The number of nitrogens with two attached hydrogens (primary N) is 1. The highest BCUT2D eigenvalue weighted by Gasteiger charge is 2.52. The van der Waals surface area contributed by atoms with Gasteiger partial charge < -0.3 is 45.1 Å². The highest BCUT2D eigenvalue weighted by Crippen LogP contribution is 2.39. The van der Waals surface area contributed by atoms with E-state index in [2.05, 4.69) is 15.3 Å². The van der Waals surface area contributed by atoms with Gasteiger partial charge in [0.05, 0.1) is 12.8 Å². The average Bonchev–Trinajstić information content (AvgIpc) is 3.88. The van der Waals surface area contributed by atoms with Gasteiger partial charge in [0.15, 0.2) is 18.3 Å². The van der Waals surface area contributed by atoms with Crippen LogP contribution in [0.2, 0.25) is 0 Å². The molecule has 0 radical (unpaired) electrons. The predicted octanol–water partition coefficient (Wildman–Crippen LogP) is 1.34. The average molecular weight is 779 g/mol. The fraction of sp³-hybridized carbons (Fsp3) is 0.513. The number of hydrogen-bond donors (Lipinski definition) is 6. The maximum Gasteiger partial charge on any atom is 0.330 e. The van der Waals surface area contributed by atoms with Gasteiger partial charge in [0.25, 0.3) is 5.56 Å². The van der Waals surface area contributed by atoms with E-state index in [1.807, 2.05) is 30.3 Å². The van der Waals surface area contributed by atoms with E-state index in [4.69, 9.17) is 24.7 Å². The fourth-order valence-electron chi connectivity index (χ4n) is 6.91. The summed E-state index contributed by atoms with van der Waals surface area (Å²) in [4.78, 5) is 38.7. The topological polar surface area (TPSA) is 246 Å². The van der Waals surface area contributed by atoms with Crippen molar-refractivity contribution in [3.63, 3.8) is 0 Å². The first-order valence-corrected chi connectivity index (χ1v) is 19.1. The minimum atomic E-state index is -1.61. The van der Waals surface area contributed by atoms with Gasteiger partial charge in [0, 0.05) is 36.5 Å². The molecule has 2 fully saturated rings. The Morgan fingerprint density at radius 1 is 0.821 bits per heavy atom. The van der Waals surface area contributed by atoms with Gasteiger partial charge >= 0.3 is 5.69 Å². The molecule has 302 valence electrons. The zero-order chi connectivity index (χ0) is 39.6. The van der Waals surface area contributed by atoms with Crippen molar-refractivity contribution in [1.29, 1.82) is 0 Å². The molecule has 4 heterocycles. The minimum Gasteiger partial charge on any atom is -0.494 e. The Morgan fingerprint density at radius 2 is 1.50 bits per heavy atom. The standard InChI is InChI=1S/C39H50N6O11/c40-22-28-31(48)34(51)38(54-28)56-35(36-32(49)33(50)37(55-36)45-20-18-29(46)41-39(45)52)27-23-44(43-42-27)19-10-5-3-1-2-4-6-11-21-53-26-16-14-25(15-17-26)30(47)24-12-8-7-9-13-24/h7-9,12-18,20,23,28,31-38,48-51H,1-6,10-11,19,21-22,40H2,(H,41,46,52)/t28-,31-,32+,33-,34-,35?,36+,37-,38+/m1/s1. The van der Waals surface area contributed by atoms with Gasteiger partial charge in [-0.3, -0.25) is 23.8 Å². The number of benzene rings is 2. The zero-order valence-electron chi connectivity index (χ0n) is 30.9. The molecule has 17 nitrogen and oxygen atoms in total. The number of aliphatic hydroxyl groups excluding tert-OH is 4. The Morgan fingerprint density at radius 3 is 2.18 bits per heavy atom. The molecule has 0 aliphatic carbocycles. The summed E-state index contributed by atoms with van der Waals surface area (Å²) < 4.78 is 26.1. The Hall–Kier alpha value is -4.59. The van der Waals surface area contributed by atoms with Gasteiger partial charge in [0.1, 0.15) is 54.2 Å². The number of aliphatic hydroxyl groups is 4. The first-order valence-electron chi connectivity index (χ1n) is 19.1. The third-order valence-electron chi connectivity index (χ3n) is 10.1. The van der Waals surface area contributed by atoms with Crippen LogP contribution in [0.4, 0.5) is 0 Å². The van der Waals surface area contributed by atoms with Gasteiger partial charge in [-0.1, -0.05) is 74.1 Å². The third-order valence-corrected chi connectivity index (χ3v) is 10.1. The summed E-state index contributed by atoms with van der Waals surface area (Å²) in [5, 5.41) is 51.4. The quantitative estimate of drug-likeness (QED) is 0.0548.